The van der Waals surface area contributed by atoms with E-state index in [-0.39, 0.29) is 22.1 Å². The molecule has 0 aliphatic rings. The number of rotatable bonds is 4. The molecule has 168 valence electrons. The van der Waals surface area contributed by atoms with Crippen LogP contribution in [0.1, 0.15) is 26.5 Å². The topological polar surface area (TPSA) is 128 Å². The minimum atomic E-state index is -4.91. The van der Waals surface area contributed by atoms with Crippen molar-refractivity contribution in [3.05, 3.63) is 77.0 Å². The van der Waals surface area contributed by atoms with Gasteiger partial charge < -0.3 is 5.32 Å². The lowest BCUT2D eigenvalue weighted by Crippen LogP contribution is -2.31. The van der Waals surface area contributed by atoms with Crippen molar-refractivity contribution in [2.45, 2.75) is 6.18 Å². The predicted octanol–water partition coefficient (Wildman–Crippen LogP) is 3.34. The monoisotopic (exact) mass is 475 g/mol. The molecule has 0 aliphatic carbocycles. The maximum Gasteiger partial charge on any atom is 0.434 e. The van der Waals surface area contributed by atoms with Crippen LogP contribution < -0.4 is 16.6 Å². The summed E-state index contributed by atoms with van der Waals surface area (Å²) in [4.78, 5) is 32.2. The van der Waals surface area contributed by atoms with Crippen LogP contribution >= 0.6 is 11.6 Å². The van der Waals surface area contributed by atoms with Gasteiger partial charge in [-0.2, -0.15) is 18.3 Å². The number of nitrogens with two attached hydrogens (primary N) is 1. The molecule has 0 bridgehead atoms. The van der Waals surface area contributed by atoms with Gasteiger partial charge in [0.25, 0.3) is 11.8 Å². The molecular weight excluding hydrogens is 463 g/mol. The molecule has 0 saturated carbocycles. The van der Waals surface area contributed by atoms with Crippen molar-refractivity contribution in [1.82, 2.24) is 25.2 Å². The van der Waals surface area contributed by atoms with E-state index in [1.165, 1.54) is 12.3 Å². The molecule has 4 N–H and O–H groups in total. The molecule has 1 aromatic carbocycles. The van der Waals surface area contributed by atoms with Crippen LogP contribution in [0.4, 0.5) is 18.9 Å². The molecule has 0 spiro atoms. The third-order valence-electron chi connectivity index (χ3n) is 4.58. The number of hydrogen-bond donors (Lipinski definition) is 3. The fraction of sp³-hybridized carbons (Fsp3) is 0.0500. The lowest BCUT2D eigenvalue weighted by Gasteiger charge is -2.14. The molecule has 13 heteroatoms. The van der Waals surface area contributed by atoms with Gasteiger partial charge in [-0.15, -0.1) is 0 Å². The third kappa shape index (κ3) is 4.21. The summed E-state index contributed by atoms with van der Waals surface area (Å²) in [5.74, 6) is 3.15. The SMILES string of the molecule is NNC(=O)c1ncc(NC(=O)c2cnn(-c3cccc4ncccc34)c2C(F)(F)F)cc1Cl. The summed E-state index contributed by atoms with van der Waals surface area (Å²) in [5.41, 5.74) is 0.181. The summed E-state index contributed by atoms with van der Waals surface area (Å²) in [6, 6.07) is 8.98. The standard InChI is InChI=1S/C20H13ClF3N7O2/c21-13-7-10(8-27-16(13)19(33)30-25)29-18(32)12-9-28-31(17(12)20(22,23)24)15-5-1-4-14-11(15)3-2-6-26-14/h1-9H,25H2,(H,29,32)(H,30,33). The zero-order valence-corrected chi connectivity index (χ0v) is 17.1. The number of hydrazine groups is 1. The van der Waals surface area contributed by atoms with Crippen LogP contribution in [0.5, 0.6) is 0 Å². The van der Waals surface area contributed by atoms with E-state index in [4.69, 9.17) is 17.4 Å². The number of amides is 2. The van der Waals surface area contributed by atoms with E-state index in [0.29, 0.717) is 15.6 Å². The molecule has 0 aliphatic heterocycles. The zero-order chi connectivity index (χ0) is 23.8. The van der Waals surface area contributed by atoms with Crippen LogP contribution in [0, 0.1) is 0 Å². The average molecular weight is 476 g/mol. The Labute approximate surface area is 188 Å². The normalized spacial score (nSPS) is 11.4. The number of carbonyl (C=O) groups excluding carboxylic acids is 2. The van der Waals surface area contributed by atoms with Crippen LogP contribution in [0.3, 0.4) is 0 Å². The summed E-state index contributed by atoms with van der Waals surface area (Å²) in [6.07, 6.45) is -1.52. The Kier molecular flexibility index (Phi) is 5.70. The van der Waals surface area contributed by atoms with Gasteiger partial charge in [-0.05, 0) is 30.3 Å². The molecule has 0 atom stereocenters. The van der Waals surface area contributed by atoms with Crippen LogP contribution in [0.2, 0.25) is 5.02 Å². The van der Waals surface area contributed by atoms with E-state index >= 15 is 0 Å². The smallest absolute Gasteiger partial charge is 0.320 e. The molecular formula is C20H13ClF3N7O2. The van der Waals surface area contributed by atoms with Crippen molar-refractivity contribution < 1.29 is 22.8 Å². The number of anilines is 1. The van der Waals surface area contributed by atoms with E-state index in [9.17, 15) is 22.8 Å². The molecule has 0 radical (unpaired) electrons. The van der Waals surface area contributed by atoms with E-state index in [0.717, 1.165) is 18.5 Å². The quantitative estimate of drug-likeness (QED) is 0.236. The number of nitrogen functional groups attached to an aromatic ring is 1. The number of hydrogen-bond acceptors (Lipinski definition) is 6. The van der Waals surface area contributed by atoms with Gasteiger partial charge in [-0.25, -0.2) is 15.5 Å². The van der Waals surface area contributed by atoms with Gasteiger partial charge in [0.05, 0.1) is 39.9 Å². The summed E-state index contributed by atoms with van der Waals surface area (Å²) in [7, 11) is 0. The Morgan fingerprint density at radius 3 is 2.55 bits per heavy atom. The molecule has 4 aromatic rings. The van der Waals surface area contributed by atoms with E-state index in [2.05, 4.69) is 20.4 Å². The summed E-state index contributed by atoms with van der Waals surface area (Å²) < 4.78 is 42.7. The first kappa shape index (κ1) is 22.2. The molecule has 0 unspecified atom stereocenters. The highest BCUT2D eigenvalue weighted by Crippen LogP contribution is 2.35. The third-order valence-corrected chi connectivity index (χ3v) is 4.87. The number of pyridine rings is 2. The van der Waals surface area contributed by atoms with Gasteiger partial charge in [0.2, 0.25) is 0 Å². The first-order valence-corrected chi connectivity index (χ1v) is 9.55. The van der Waals surface area contributed by atoms with Gasteiger partial charge in [0, 0.05) is 11.6 Å². The van der Waals surface area contributed by atoms with Crippen LogP contribution in [0.25, 0.3) is 16.6 Å². The fourth-order valence-electron chi connectivity index (χ4n) is 3.18. The number of aromatic nitrogens is 4. The predicted molar refractivity (Wildman–Crippen MR) is 113 cm³/mol. The highest BCUT2D eigenvalue weighted by Gasteiger charge is 2.41. The van der Waals surface area contributed by atoms with Gasteiger partial charge >= 0.3 is 6.18 Å². The lowest BCUT2D eigenvalue weighted by atomic mass is 10.1. The highest BCUT2D eigenvalue weighted by atomic mass is 35.5. The number of nitrogens with zero attached hydrogens (tertiary/aromatic N) is 4. The molecule has 0 fully saturated rings. The summed E-state index contributed by atoms with van der Waals surface area (Å²) in [6.45, 7) is 0. The van der Waals surface area contributed by atoms with Crippen molar-refractivity contribution in [2.24, 2.45) is 5.84 Å². The number of benzene rings is 1. The van der Waals surface area contributed by atoms with Gasteiger partial charge in [0.1, 0.15) is 5.69 Å². The van der Waals surface area contributed by atoms with E-state index in [1.54, 1.807) is 24.3 Å². The molecule has 9 nitrogen and oxygen atoms in total. The van der Waals surface area contributed by atoms with Gasteiger partial charge in [-0.3, -0.25) is 20.0 Å². The van der Waals surface area contributed by atoms with Gasteiger partial charge in [-0.1, -0.05) is 17.7 Å². The Morgan fingerprint density at radius 1 is 1.06 bits per heavy atom. The van der Waals surface area contributed by atoms with Crippen molar-refractivity contribution in [3.8, 4) is 5.69 Å². The minimum Gasteiger partial charge on any atom is -0.320 e. The second kappa shape index (κ2) is 8.48. The maximum absolute atomic E-state index is 14.0. The van der Waals surface area contributed by atoms with Crippen molar-refractivity contribution in [1.29, 1.82) is 0 Å². The van der Waals surface area contributed by atoms with Gasteiger partial charge in [0.15, 0.2) is 5.69 Å². The zero-order valence-electron chi connectivity index (χ0n) is 16.4. The van der Waals surface area contributed by atoms with Crippen molar-refractivity contribution in [3.63, 3.8) is 0 Å². The van der Waals surface area contributed by atoms with Crippen LogP contribution in [-0.4, -0.2) is 31.6 Å². The minimum absolute atomic E-state index is 0.0335. The number of alkyl halides is 3. The number of carbonyl (C=O) groups is 2. The van der Waals surface area contributed by atoms with Crippen LogP contribution in [0.15, 0.2) is 55.0 Å². The Hall–Kier alpha value is -4.03. The first-order valence-electron chi connectivity index (χ1n) is 9.18. The molecule has 33 heavy (non-hydrogen) atoms. The Balaban J connectivity index is 1.75. The molecule has 0 saturated heterocycles. The Morgan fingerprint density at radius 2 is 1.85 bits per heavy atom. The van der Waals surface area contributed by atoms with Crippen molar-refractivity contribution in [2.75, 3.05) is 5.32 Å². The first-order chi connectivity index (χ1) is 15.7. The molecule has 3 aromatic heterocycles. The number of halogens is 4. The second-order valence-electron chi connectivity index (χ2n) is 6.65. The fourth-order valence-corrected chi connectivity index (χ4v) is 3.43. The Bertz CT molecular complexity index is 1380. The number of fused-ring (bicyclic) bond motifs is 1. The summed E-state index contributed by atoms with van der Waals surface area (Å²) >= 11 is 5.94. The van der Waals surface area contributed by atoms with Crippen molar-refractivity contribution >= 4 is 40.0 Å². The second-order valence-corrected chi connectivity index (χ2v) is 7.05. The van der Waals surface area contributed by atoms with Crippen LogP contribution in [-0.2, 0) is 6.18 Å². The average Bonchev–Trinajstić information content (AvgIpc) is 3.24. The van der Waals surface area contributed by atoms with E-state index < -0.39 is 29.2 Å². The molecule has 4 rings (SSSR count). The molecule has 3 heterocycles. The number of nitrogens with one attached hydrogen (secondary N) is 2. The largest absolute Gasteiger partial charge is 0.434 e. The summed E-state index contributed by atoms with van der Waals surface area (Å²) in [5, 5.41) is 6.37. The van der Waals surface area contributed by atoms with E-state index in [1.807, 2.05) is 5.43 Å². The lowest BCUT2D eigenvalue weighted by molar-refractivity contribution is -0.143. The molecule has 2 amide bonds. The highest BCUT2D eigenvalue weighted by molar-refractivity contribution is 6.33. The maximum atomic E-state index is 14.0.